The summed E-state index contributed by atoms with van der Waals surface area (Å²) in [4.78, 5) is 23.3. The Morgan fingerprint density at radius 3 is 2.53 bits per heavy atom. The second-order valence-electron chi connectivity index (χ2n) is 4.31. The molecule has 0 atom stereocenters. The van der Waals surface area contributed by atoms with E-state index in [0.717, 1.165) is 24.1 Å². The smallest absolute Gasteiger partial charge is 0.255 e. The summed E-state index contributed by atoms with van der Waals surface area (Å²) < 4.78 is 0. The van der Waals surface area contributed by atoms with Crippen molar-refractivity contribution in [3.63, 3.8) is 0 Å². The minimum absolute atomic E-state index is 0.0260. The molecule has 3 nitrogen and oxygen atoms in total. The molecule has 88 valence electrons. The Bertz CT molecular complexity index is 515. The van der Waals surface area contributed by atoms with Gasteiger partial charge in [-0.15, -0.1) is 0 Å². The maximum absolute atomic E-state index is 12.0. The summed E-state index contributed by atoms with van der Waals surface area (Å²) in [5, 5.41) is 2.85. The van der Waals surface area contributed by atoms with Crippen molar-refractivity contribution in [2.75, 3.05) is 0 Å². The Hall–Kier alpha value is -1.90. The Morgan fingerprint density at radius 1 is 1.29 bits per heavy atom. The molecule has 17 heavy (non-hydrogen) atoms. The summed E-state index contributed by atoms with van der Waals surface area (Å²) in [5.74, 6) is -0.154. The van der Waals surface area contributed by atoms with E-state index < -0.39 is 0 Å². The van der Waals surface area contributed by atoms with Crippen LogP contribution in [0.15, 0.2) is 30.0 Å². The molecular formula is C14H15NO2. The molecule has 0 heterocycles. The first kappa shape index (κ1) is 11.6. The van der Waals surface area contributed by atoms with Gasteiger partial charge in [-0.05, 0) is 38.3 Å². The number of amides is 1. The molecule has 1 aliphatic carbocycles. The Balaban J connectivity index is 2.26. The molecule has 0 bridgehead atoms. The molecular weight excluding hydrogens is 214 g/mol. The average Bonchev–Trinajstić information content (AvgIpc) is 2.23. The van der Waals surface area contributed by atoms with Crippen LogP contribution in [-0.2, 0) is 0 Å². The van der Waals surface area contributed by atoms with Gasteiger partial charge in [0.1, 0.15) is 0 Å². The minimum Gasteiger partial charge on any atom is -0.326 e. The van der Waals surface area contributed by atoms with Gasteiger partial charge >= 0.3 is 0 Å². The fourth-order valence-electron chi connectivity index (χ4n) is 1.70. The van der Waals surface area contributed by atoms with Crippen LogP contribution in [0, 0.1) is 6.92 Å². The number of hydrogen-bond acceptors (Lipinski definition) is 2. The number of benzene rings is 1. The predicted molar refractivity (Wildman–Crippen MR) is 66.0 cm³/mol. The van der Waals surface area contributed by atoms with Gasteiger partial charge in [0.2, 0.25) is 0 Å². The number of allylic oxidation sites excluding steroid dienone is 2. The van der Waals surface area contributed by atoms with Gasteiger partial charge in [0.05, 0.1) is 0 Å². The van der Waals surface area contributed by atoms with Crippen LogP contribution >= 0.6 is 0 Å². The lowest BCUT2D eigenvalue weighted by molar-refractivity contribution is 0.0962. The van der Waals surface area contributed by atoms with Crippen molar-refractivity contribution < 1.29 is 9.59 Å². The van der Waals surface area contributed by atoms with Crippen molar-refractivity contribution in [1.82, 2.24) is 5.32 Å². The first-order valence-electron chi connectivity index (χ1n) is 5.70. The van der Waals surface area contributed by atoms with E-state index in [1.807, 2.05) is 13.0 Å². The normalized spacial score (nSPS) is 13.6. The van der Waals surface area contributed by atoms with E-state index in [1.54, 1.807) is 18.2 Å². The number of Topliss-reactive ketones (excluding diaryl/α,β-unsaturated/α-hetero) is 1. The summed E-state index contributed by atoms with van der Waals surface area (Å²) in [6.07, 6.45) is 3.96. The predicted octanol–water partition coefficient (Wildman–Crippen LogP) is 2.61. The number of ketones is 1. The fraction of sp³-hybridized carbons (Fsp3) is 0.286. The maximum Gasteiger partial charge on any atom is 0.255 e. The largest absolute Gasteiger partial charge is 0.326 e. The standard InChI is InChI=1S/C14H15NO2/c1-9-6-7-11(10(2)16)8-13(9)14(17)15-12-4-3-5-12/h4,6-8H,3,5H2,1-2H3,(H,15,17). The van der Waals surface area contributed by atoms with E-state index in [4.69, 9.17) is 0 Å². The third-order valence-corrected chi connectivity index (χ3v) is 2.97. The maximum atomic E-state index is 12.0. The van der Waals surface area contributed by atoms with Crippen LogP contribution in [0.5, 0.6) is 0 Å². The Labute approximate surface area is 101 Å². The molecule has 1 N–H and O–H groups in total. The second kappa shape index (κ2) is 4.53. The molecule has 3 heteroatoms. The van der Waals surface area contributed by atoms with Crippen LogP contribution in [-0.4, -0.2) is 11.7 Å². The van der Waals surface area contributed by atoms with Gasteiger partial charge in [-0.25, -0.2) is 0 Å². The van der Waals surface area contributed by atoms with Crippen molar-refractivity contribution in [2.45, 2.75) is 26.7 Å². The molecule has 2 rings (SSSR count). The second-order valence-corrected chi connectivity index (χ2v) is 4.31. The monoisotopic (exact) mass is 229 g/mol. The molecule has 0 saturated carbocycles. The van der Waals surface area contributed by atoms with E-state index in [1.165, 1.54) is 6.92 Å². The van der Waals surface area contributed by atoms with E-state index in [-0.39, 0.29) is 11.7 Å². The minimum atomic E-state index is -0.128. The third kappa shape index (κ3) is 2.44. The summed E-state index contributed by atoms with van der Waals surface area (Å²) >= 11 is 0. The van der Waals surface area contributed by atoms with E-state index in [0.29, 0.717) is 11.1 Å². The van der Waals surface area contributed by atoms with Crippen molar-refractivity contribution in [1.29, 1.82) is 0 Å². The average molecular weight is 229 g/mol. The van der Waals surface area contributed by atoms with Crippen molar-refractivity contribution in [2.24, 2.45) is 0 Å². The number of rotatable bonds is 3. The Morgan fingerprint density at radius 2 is 2.00 bits per heavy atom. The molecule has 1 aromatic carbocycles. The molecule has 1 aromatic rings. The molecule has 1 amide bonds. The lowest BCUT2D eigenvalue weighted by atomic mass is 10.0. The highest BCUT2D eigenvalue weighted by molar-refractivity contribution is 6.01. The zero-order valence-corrected chi connectivity index (χ0v) is 10.0. The van der Waals surface area contributed by atoms with Gasteiger partial charge < -0.3 is 5.32 Å². The van der Waals surface area contributed by atoms with Gasteiger partial charge in [-0.2, -0.15) is 0 Å². The molecule has 0 spiro atoms. The summed E-state index contributed by atoms with van der Waals surface area (Å²) in [7, 11) is 0. The molecule has 0 saturated heterocycles. The molecule has 1 aliphatic rings. The number of carbonyl (C=O) groups is 2. The van der Waals surface area contributed by atoms with Crippen molar-refractivity contribution >= 4 is 11.7 Å². The number of carbonyl (C=O) groups excluding carboxylic acids is 2. The molecule has 0 fully saturated rings. The number of aryl methyl sites for hydroxylation is 1. The Kier molecular flexibility index (Phi) is 3.09. The SMILES string of the molecule is CC(=O)c1ccc(C)c(C(=O)NC2=CCC2)c1. The van der Waals surface area contributed by atoms with Gasteiger partial charge in [-0.3, -0.25) is 9.59 Å². The summed E-state index contributed by atoms with van der Waals surface area (Å²) in [5.41, 5.74) is 3.00. The summed E-state index contributed by atoms with van der Waals surface area (Å²) in [6.45, 7) is 3.37. The highest BCUT2D eigenvalue weighted by Crippen LogP contribution is 2.17. The van der Waals surface area contributed by atoms with Gasteiger partial charge in [0.15, 0.2) is 5.78 Å². The third-order valence-electron chi connectivity index (χ3n) is 2.97. The van der Waals surface area contributed by atoms with Crippen molar-refractivity contribution in [3.8, 4) is 0 Å². The van der Waals surface area contributed by atoms with Crippen LogP contribution in [0.4, 0.5) is 0 Å². The fourth-order valence-corrected chi connectivity index (χ4v) is 1.70. The zero-order valence-electron chi connectivity index (χ0n) is 10.0. The van der Waals surface area contributed by atoms with Gasteiger partial charge in [0, 0.05) is 16.8 Å². The van der Waals surface area contributed by atoms with E-state index in [2.05, 4.69) is 5.32 Å². The van der Waals surface area contributed by atoms with Crippen LogP contribution in [0.2, 0.25) is 0 Å². The highest BCUT2D eigenvalue weighted by atomic mass is 16.1. The molecule has 0 radical (unpaired) electrons. The molecule has 0 aromatic heterocycles. The number of nitrogens with one attached hydrogen (secondary N) is 1. The van der Waals surface area contributed by atoms with Crippen LogP contribution in [0.3, 0.4) is 0 Å². The molecule has 0 aliphatic heterocycles. The summed E-state index contributed by atoms with van der Waals surface area (Å²) in [6, 6.07) is 5.21. The first-order valence-corrected chi connectivity index (χ1v) is 5.70. The number of hydrogen-bond donors (Lipinski definition) is 1. The van der Waals surface area contributed by atoms with Crippen molar-refractivity contribution in [3.05, 3.63) is 46.7 Å². The lowest BCUT2D eigenvalue weighted by Crippen LogP contribution is -2.26. The zero-order chi connectivity index (χ0) is 12.4. The van der Waals surface area contributed by atoms with Gasteiger partial charge in [0.25, 0.3) is 5.91 Å². The highest BCUT2D eigenvalue weighted by Gasteiger charge is 2.14. The van der Waals surface area contributed by atoms with Crippen LogP contribution < -0.4 is 5.32 Å². The van der Waals surface area contributed by atoms with Crippen LogP contribution in [0.25, 0.3) is 0 Å². The van der Waals surface area contributed by atoms with Crippen LogP contribution in [0.1, 0.15) is 46.0 Å². The molecule has 0 unspecified atom stereocenters. The first-order chi connectivity index (χ1) is 8.08. The van der Waals surface area contributed by atoms with E-state index >= 15 is 0 Å². The quantitative estimate of drug-likeness (QED) is 0.810. The van der Waals surface area contributed by atoms with Gasteiger partial charge in [-0.1, -0.05) is 18.2 Å². The van der Waals surface area contributed by atoms with E-state index in [9.17, 15) is 9.59 Å². The lowest BCUT2D eigenvalue weighted by Gasteiger charge is -2.16. The topological polar surface area (TPSA) is 46.2 Å².